The minimum Gasteiger partial charge on any atom is -0.497 e. The van der Waals surface area contributed by atoms with Crippen molar-refractivity contribution in [1.82, 2.24) is 0 Å². The van der Waals surface area contributed by atoms with Crippen LogP contribution < -0.4 is 0 Å². The van der Waals surface area contributed by atoms with Crippen LogP contribution in [0.15, 0.2) is 11.8 Å². The maximum Gasteiger partial charge on any atom is 0.165 e. The number of rotatable bonds is 2. The largest absolute Gasteiger partial charge is 0.497 e. The van der Waals surface area contributed by atoms with E-state index in [0.717, 1.165) is 18.4 Å². The van der Waals surface area contributed by atoms with Gasteiger partial charge in [0.2, 0.25) is 0 Å². The molecule has 0 N–H and O–H groups in total. The molecule has 2 nitrogen and oxygen atoms in total. The number of hydrogen-bond acceptors (Lipinski definition) is 2. The molecule has 1 unspecified atom stereocenters. The Morgan fingerprint density at radius 2 is 2.45 bits per heavy atom. The number of allylic oxidation sites excluding steroid dienone is 1. The Kier molecular flexibility index (Phi) is 2.69. The molecule has 0 saturated carbocycles. The Morgan fingerprint density at radius 3 is 3.00 bits per heavy atom. The molecule has 1 heterocycles. The van der Waals surface area contributed by atoms with E-state index >= 15 is 0 Å². The van der Waals surface area contributed by atoms with Crippen LogP contribution in [0.2, 0.25) is 0 Å². The molecule has 0 aromatic carbocycles. The van der Waals surface area contributed by atoms with Gasteiger partial charge in [0.15, 0.2) is 5.78 Å². The Balaban J connectivity index is 2.48. The van der Waals surface area contributed by atoms with E-state index in [4.69, 9.17) is 4.74 Å². The number of carbonyl (C=O) groups is 1. The van der Waals surface area contributed by atoms with Gasteiger partial charge in [0.25, 0.3) is 0 Å². The topological polar surface area (TPSA) is 26.3 Å². The summed E-state index contributed by atoms with van der Waals surface area (Å²) in [6.07, 6.45) is 4.35. The summed E-state index contributed by atoms with van der Waals surface area (Å²) in [7, 11) is 0. The summed E-state index contributed by atoms with van der Waals surface area (Å²) in [4.78, 5) is 11.1. The van der Waals surface area contributed by atoms with Gasteiger partial charge in [-0.05, 0) is 13.3 Å². The van der Waals surface area contributed by atoms with Gasteiger partial charge < -0.3 is 4.74 Å². The highest BCUT2D eigenvalue weighted by Crippen LogP contribution is 2.16. The summed E-state index contributed by atoms with van der Waals surface area (Å²) in [5, 5.41) is 0. The van der Waals surface area contributed by atoms with Gasteiger partial charge in [0.1, 0.15) is 6.10 Å². The van der Waals surface area contributed by atoms with E-state index in [9.17, 15) is 4.79 Å². The smallest absolute Gasteiger partial charge is 0.165 e. The summed E-state index contributed by atoms with van der Waals surface area (Å²) in [5.41, 5.74) is 0.748. The molecule has 11 heavy (non-hydrogen) atoms. The molecule has 0 aliphatic carbocycles. The number of ketones is 1. The van der Waals surface area contributed by atoms with Gasteiger partial charge >= 0.3 is 0 Å². The van der Waals surface area contributed by atoms with Gasteiger partial charge in [-0.15, -0.1) is 0 Å². The first-order valence-corrected chi connectivity index (χ1v) is 4.09. The van der Waals surface area contributed by atoms with Gasteiger partial charge in [0.05, 0.1) is 6.26 Å². The first-order valence-electron chi connectivity index (χ1n) is 4.09. The van der Waals surface area contributed by atoms with Crippen LogP contribution in [-0.2, 0) is 9.53 Å². The van der Waals surface area contributed by atoms with Crippen LogP contribution in [0.5, 0.6) is 0 Å². The first kappa shape index (κ1) is 8.31. The molecule has 1 atom stereocenters. The van der Waals surface area contributed by atoms with Crippen molar-refractivity contribution in [1.29, 1.82) is 0 Å². The molecular formula is C9H14O2. The monoisotopic (exact) mass is 154 g/mol. The molecule has 0 fully saturated rings. The average molecular weight is 154 g/mol. The third kappa shape index (κ3) is 2.07. The van der Waals surface area contributed by atoms with E-state index in [0.29, 0.717) is 6.42 Å². The van der Waals surface area contributed by atoms with Crippen LogP contribution in [0.1, 0.15) is 33.1 Å². The zero-order valence-electron chi connectivity index (χ0n) is 7.09. The maximum absolute atomic E-state index is 11.1. The molecule has 0 saturated heterocycles. The predicted molar refractivity (Wildman–Crippen MR) is 43.2 cm³/mol. The van der Waals surface area contributed by atoms with E-state index in [2.05, 4.69) is 6.92 Å². The molecule has 0 amide bonds. The van der Waals surface area contributed by atoms with E-state index < -0.39 is 0 Å². The molecule has 1 aliphatic rings. The number of ether oxygens (including phenoxy) is 1. The van der Waals surface area contributed by atoms with Crippen molar-refractivity contribution in [3.05, 3.63) is 11.8 Å². The Morgan fingerprint density at radius 1 is 1.73 bits per heavy atom. The highest BCUT2D eigenvalue weighted by molar-refractivity contribution is 5.95. The maximum atomic E-state index is 11.1. The SMILES string of the molecule is CCCC1CC(=O)C(C)=CO1. The third-order valence-corrected chi connectivity index (χ3v) is 1.90. The van der Waals surface area contributed by atoms with E-state index in [1.54, 1.807) is 13.2 Å². The van der Waals surface area contributed by atoms with E-state index in [1.807, 2.05) is 0 Å². The minimum absolute atomic E-state index is 0.135. The van der Waals surface area contributed by atoms with Gasteiger partial charge in [-0.2, -0.15) is 0 Å². The normalized spacial score (nSPS) is 24.4. The van der Waals surface area contributed by atoms with Gasteiger partial charge in [-0.1, -0.05) is 13.3 Å². The van der Waals surface area contributed by atoms with Crippen molar-refractivity contribution in [3.8, 4) is 0 Å². The van der Waals surface area contributed by atoms with Crippen molar-refractivity contribution in [2.24, 2.45) is 0 Å². The predicted octanol–water partition coefficient (Wildman–Crippen LogP) is 2.05. The van der Waals surface area contributed by atoms with Crippen LogP contribution in [0, 0.1) is 0 Å². The Labute approximate surface area is 67.2 Å². The standard InChI is InChI=1S/C9H14O2/c1-3-4-8-5-9(10)7(2)6-11-8/h6,8H,3-5H2,1-2H3. The second-order valence-electron chi connectivity index (χ2n) is 2.97. The molecule has 0 aromatic heterocycles. The summed E-state index contributed by atoms with van der Waals surface area (Å²) in [5.74, 6) is 0.231. The van der Waals surface area contributed by atoms with Crippen LogP contribution in [0.3, 0.4) is 0 Å². The summed E-state index contributed by atoms with van der Waals surface area (Å²) < 4.78 is 5.32. The fourth-order valence-corrected chi connectivity index (χ4v) is 1.17. The lowest BCUT2D eigenvalue weighted by molar-refractivity contribution is -0.119. The van der Waals surface area contributed by atoms with Crippen LogP contribution in [0.4, 0.5) is 0 Å². The van der Waals surface area contributed by atoms with E-state index in [-0.39, 0.29) is 11.9 Å². The lowest BCUT2D eigenvalue weighted by atomic mass is 10.0. The van der Waals surface area contributed by atoms with Gasteiger partial charge in [0, 0.05) is 12.0 Å². The molecule has 0 radical (unpaired) electrons. The molecule has 62 valence electrons. The fraction of sp³-hybridized carbons (Fsp3) is 0.667. The van der Waals surface area contributed by atoms with Crippen LogP contribution >= 0.6 is 0 Å². The average Bonchev–Trinajstić information content (AvgIpc) is 1.98. The van der Waals surface area contributed by atoms with Gasteiger partial charge in [-0.25, -0.2) is 0 Å². The van der Waals surface area contributed by atoms with Crippen LogP contribution in [-0.4, -0.2) is 11.9 Å². The molecule has 0 spiro atoms. The lowest BCUT2D eigenvalue weighted by Crippen LogP contribution is -2.20. The summed E-state index contributed by atoms with van der Waals surface area (Å²) >= 11 is 0. The summed E-state index contributed by atoms with van der Waals surface area (Å²) in [6, 6.07) is 0. The van der Waals surface area contributed by atoms with Crippen molar-refractivity contribution in [3.63, 3.8) is 0 Å². The molecule has 0 bridgehead atoms. The zero-order chi connectivity index (χ0) is 8.27. The minimum atomic E-state index is 0.135. The Bertz CT molecular complexity index is 182. The van der Waals surface area contributed by atoms with Crippen LogP contribution in [0.25, 0.3) is 0 Å². The highest BCUT2D eigenvalue weighted by Gasteiger charge is 2.19. The third-order valence-electron chi connectivity index (χ3n) is 1.90. The highest BCUT2D eigenvalue weighted by atomic mass is 16.5. The zero-order valence-corrected chi connectivity index (χ0v) is 7.09. The second-order valence-corrected chi connectivity index (χ2v) is 2.97. The fourth-order valence-electron chi connectivity index (χ4n) is 1.17. The molecule has 2 heteroatoms. The Hall–Kier alpha value is -0.790. The van der Waals surface area contributed by atoms with Gasteiger partial charge in [-0.3, -0.25) is 4.79 Å². The second kappa shape index (κ2) is 3.56. The number of Topliss-reactive ketones (excluding diaryl/α,β-unsaturated/α-hetero) is 1. The van der Waals surface area contributed by atoms with Crippen molar-refractivity contribution in [2.75, 3.05) is 0 Å². The van der Waals surface area contributed by atoms with Crippen molar-refractivity contribution in [2.45, 2.75) is 39.2 Å². The van der Waals surface area contributed by atoms with E-state index in [1.165, 1.54) is 0 Å². The quantitative estimate of drug-likeness (QED) is 0.608. The first-order chi connectivity index (χ1) is 5.24. The summed E-state index contributed by atoms with van der Waals surface area (Å²) in [6.45, 7) is 3.89. The lowest BCUT2D eigenvalue weighted by Gasteiger charge is -2.19. The molecule has 1 aliphatic heterocycles. The number of hydrogen-bond donors (Lipinski definition) is 0. The van der Waals surface area contributed by atoms with Crippen molar-refractivity contribution >= 4 is 5.78 Å². The molecule has 1 rings (SSSR count). The molecular weight excluding hydrogens is 140 g/mol. The number of carbonyl (C=O) groups excluding carboxylic acids is 1. The molecule has 0 aromatic rings. The van der Waals surface area contributed by atoms with Crippen molar-refractivity contribution < 1.29 is 9.53 Å².